The highest BCUT2D eigenvalue weighted by molar-refractivity contribution is 7.98. The number of carbonyl (C=O) groups is 1. The van der Waals surface area contributed by atoms with E-state index in [1.807, 2.05) is 24.3 Å². The monoisotopic (exact) mass is 369 g/mol. The number of aromatic nitrogens is 2. The Labute approximate surface area is 150 Å². The topological polar surface area (TPSA) is 77.2 Å². The number of ether oxygens (including phenoxy) is 1. The Morgan fingerprint density at radius 2 is 2.08 bits per heavy atom. The smallest absolute Gasteiger partial charge is 0.408 e. The van der Waals surface area contributed by atoms with Crippen molar-refractivity contribution < 1.29 is 13.9 Å². The number of benzene rings is 1. The number of hydrogen-bond acceptors (Lipinski definition) is 6. The summed E-state index contributed by atoms with van der Waals surface area (Å²) in [4.78, 5) is 11.8. The Kier molecular flexibility index (Phi) is 6.12. The molecule has 0 unspecified atom stereocenters. The third kappa shape index (κ3) is 5.72. The summed E-state index contributed by atoms with van der Waals surface area (Å²) < 4.78 is 10.8. The van der Waals surface area contributed by atoms with Crippen LogP contribution >= 0.6 is 23.4 Å². The lowest BCUT2D eigenvalue weighted by Gasteiger charge is -2.20. The van der Waals surface area contributed by atoms with Crippen LogP contribution in [0.3, 0.4) is 0 Å². The van der Waals surface area contributed by atoms with Gasteiger partial charge in [0.05, 0.1) is 0 Å². The van der Waals surface area contributed by atoms with Gasteiger partial charge in [-0.3, -0.25) is 0 Å². The molecule has 0 saturated carbocycles. The highest BCUT2D eigenvalue weighted by Gasteiger charge is 2.21. The van der Waals surface area contributed by atoms with Crippen LogP contribution in [0, 0.1) is 0 Å². The van der Waals surface area contributed by atoms with Gasteiger partial charge in [-0.2, -0.15) is 0 Å². The quantitative estimate of drug-likeness (QED) is 0.776. The predicted molar refractivity (Wildman–Crippen MR) is 93.1 cm³/mol. The maximum Gasteiger partial charge on any atom is 0.408 e. The van der Waals surface area contributed by atoms with E-state index in [-0.39, 0.29) is 0 Å². The Bertz CT molecular complexity index is 700. The number of nitrogens with zero attached hydrogens (tertiary/aromatic N) is 2. The maximum atomic E-state index is 11.8. The van der Waals surface area contributed by atoms with E-state index in [0.717, 1.165) is 5.56 Å². The standard InChI is InChI=1S/C16H20ClN3O3S/c1-10(18-14(21)23-16(2,3)4)13-19-20-15(22-13)24-9-11-7-5-6-8-12(11)17/h5-8,10H,9H2,1-4H3,(H,18,21)/t10-/m1/s1. The molecule has 2 aromatic rings. The molecule has 1 atom stereocenters. The minimum absolute atomic E-state index is 0.322. The zero-order valence-electron chi connectivity index (χ0n) is 14.0. The lowest BCUT2D eigenvalue weighted by Crippen LogP contribution is -2.34. The van der Waals surface area contributed by atoms with Gasteiger partial charge in [-0.05, 0) is 39.3 Å². The number of thioether (sulfide) groups is 1. The van der Waals surface area contributed by atoms with E-state index in [4.69, 9.17) is 20.8 Å². The zero-order valence-corrected chi connectivity index (χ0v) is 15.6. The van der Waals surface area contributed by atoms with Gasteiger partial charge in [0.1, 0.15) is 11.6 Å². The lowest BCUT2D eigenvalue weighted by molar-refractivity contribution is 0.0500. The largest absolute Gasteiger partial charge is 0.444 e. The summed E-state index contributed by atoms with van der Waals surface area (Å²) in [5.41, 5.74) is 0.429. The van der Waals surface area contributed by atoms with Gasteiger partial charge < -0.3 is 14.5 Å². The lowest BCUT2D eigenvalue weighted by atomic mass is 10.2. The molecule has 1 heterocycles. The second kappa shape index (κ2) is 7.90. The van der Waals surface area contributed by atoms with Crippen molar-refractivity contribution in [3.63, 3.8) is 0 Å². The van der Waals surface area contributed by atoms with Crippen LogP contribution in [0.1, 0.15) is 45.2 Å². The molecule has 130 valence electrons. The molecule has 0 radical (unpaired) electrons. The first kappa shape index (κ1) is 18.6. The number of rotatable bonds is 5. The van der Waals surface area contributed by atoms with Crippen LogP contribution in [-0.2, 0) is 10.5 Å². The summed E-state index contributed by atoms with van der Waals surface area (Å²) in [6, 6.07) is 7.14. The van der Waals surface area contributed by atoms with Gasteiger partial charge in [-0.25, -0.2) is 4.79 Å². The second-order valence-electron chi connectivity index (χ2n) is 6.15. The number of amides is 1. The van der Waals surface area contributed by atoms with Gasteiger partial charge in [-0.15, -0.1) is 10.2 Å². The van der Waals surface area contributed by atoms with E-state index >= 15 is 0 Å². The third-order valence-electron chi connectivity index (χ3n) is 2.83. The van der Waals surface area contributed by atoms with Crippen molar-refractivity contribution in [3.05, 3.63) is 40.7 Å². The van der Waals surface area contributed by atoms with Gasteiger partial charge in [0.15, 0.2) is 0 Å². The molecule has 1 aromatic carbocycles. The van der Waals surface area contributed by atoms with Crippen LogP contribution in [0.5, 0.6) is 0 Å². The Balaban J connectivity index is 1.90. The molecule has 1 N–H and O–H groups in total. The number of nitrogens with one attached hydrogen (secondary N) is 1. The summed E-state index contributed by atoms with van der Waals surface area (Å²) in [6.45, 7) is 7.15. The molecule has 0 fully saturated rings. The first-order valence-electron chi connectivity index (χ1n) is 7.44. The van der Waals surface area contributed by atoms with Crippen LogP contribution < -0.4 is 5.32 Å². The van der Waals surface area contributed by atoms with E-state index in [9.17, 15) is 4.79 Å². The summed E-state index contributed by atoms with van der Waals surface area (Å²) in [5.74, 6) is 0.942. The molecule has 1 aromatic heterocycles. The summed E-state index contributed by atoms with van der Waals surface area (Å²) in [7, 11) is 0. The molecular weight excluding hydrogens is 350 g/mol. The fourth-order valence-corrected chi connectivity index (χ4v) is 2.81. The average molecular weight is 370 g/mol. The van der Waals surface area contributed by atoms with Crippen molar-refractivity contribution in [3.8, 4) is 0 Å². The average Bonchev–Trinajstić information content (AvgIpc) is 2.93. The van der Waals surface area contributed by atoms with Crippen molar-refractivity contribution in [2.24, 2.45) is 0 Å². The van der Waals surface area contributed by atoms with Crippen LogP contribution in [-0.4, -0.2) is 21.9 Å². The van der Waals surface area contributed by atoms with Gasteiger partial charge in [0.25, 0.3) is 5.22 Å². The molecule has 24 heavy (non-hydrogen) atoms. The molecule has 8 heteroatoms. The SMILES string of the molecule is C[C@@H](NC(=O)OC(C)(C)C)c1nnc(SCc2ccccc2Cl)o1. The molecule has 0 aliphatic rings. The van der Waals surface area contributed by atoms with Crippen molar-refractivity contribution in [2.75, 3.05) is 0 Å². The third-order valence-corrected chi connectivity index (χ3v) is 4.07. The maximum absolute atomic E-state index is 11.8. The Morgan fingerprint density at radius 3 is 2.75 bits per heavy atom. The number of carbonyl (C=O) groups excluding carboxylic acids is 1. The molecular formula is C16H20ClN3O3S. The Hall–Kier alpha value is -1.73. The number of alkyl carbamates (subject to hydrolysis) is 1. The van der Waals surface area contributed by atoms with E-state index in [1.54, 1.807) is 27.7 Å². The molecule has 0 aliphatic carbocycles. The van der Waals surface area contributed by atoms with Crippen molar-refractivity contribution >= 4 is 29.5 Å². The van der Waals surface area contributed by atoms with Crippen LogP contribution in [0.15, 0.2) is 33.9 Å². The zero-order chi connectivity index (χ0) is 17.7. The first-order valence-corrected chi connectivity index (χ1v) is 8.80. The summed E-state index contributed by atoms with van der Waals surface area (Å²) in [6.07, 6.45) is -0.529. The molecule has 0 spiro atoms. The minimum atomic E-state index is -0.561. The fraction of sp³-hybridized carbons (Fsp3) is 0.438. The van der Waals surface area contributed by atoms with E-state index in [2.05, 4.69) is 15.5 Å². The number of hydrogen-bond donors (Lipinski definition) is 1. The predicted octanol–water partition coefficient (Wildman–Crippen LogP) is 4.60. The number of halogens is 1. The van der Waals surface area contributed by atoms with E-state index < -0.39 is 17.7 Å². The van der Waals surface area contributed by atoms with Crippen LogP contribution in [0.25, 0.3) is 0 Å². The van der Waals surface area contributed by atoms with Gasteiger partial charge >= 0.3 is 6.09 Å². The molecule has 0 aliphatic heterocycles. The molecule has 0 bridgehead atoms. The minimum Gasteiger partial charge on any atom is -0.444 e. The highest BCUT2D eigenvalue weighted by atomic mass is 35.5. The van der Waals surface area contributed by atoms with E-state index in [1.165, 1.54) is 11.8 Å². The summed E-state index contributed by atoms with van der Waals surface area (Å²) >= 11 is 7.50. The normalized spacial score (nSPS) is 12.7. The van der Waals surface area contributed by atoms with Crippen LogP contribution in [0.2, 0.25) is 5.02 Å². The van der Waals surface area contributed by atoms with Gasteiger partial charge in [-0.1, -0.05) is 41.6 Å². The molecule has 2 rings (SSSR count). The molecule has 0 saturated heterocycles. The second-order valence-corrected chi connectivity index (χ2v) is 7.49. The van der Waals surface area contributed by atoms with Crippen molar-refractivity contribution in [1.82, 2.24) is 15.5 Å². The van der Waals surface area contributed by atoms with E-state index in [0.29, 0.717) is 21.9 Å². The molecule has 1 amide bonds. The van der Waals surface area contributed by atoms with Crippen LogP contribution in [0.4, 0.5) is 4.79 Å². The fourth-order valence-electron chi connectivity index (χ4n) is 1.75. The van der Waals surface area contributed by atoms with Gasteiger partial charge in [0.2, 0.25) is 5.89 Å². The molecule has 6 nitrogen and oxygen atoms in total. The highest BCUT2D eigenvalue weighted by Crippen LogP contribution is 2.26. The van der Waals surface area contributed by atoms with Gasteiger partial charge in [0, 0.05) is 10.8 Å². The van der Waals surface area contributed by atoms with Crippen molar-refractivity contribution in [1.29, 1.82) is 0 Å². The Morgan fingerprint density at radius 1 is 1.38 bits per heavy atom. The first-order chi connectivity index (χ1) is 11.2. The summed E-state index contributed by atoms with van der Waals surface area (Å²) in [5, 5.41) is 11.7. The van der Waals surface area contributed by atoms with Crippen molar-refractivity contribution in [2.45, 2.75) is 50.3 Å².